The van der Waals surface area contributed by atoms with Crippen LogP contribution in [0.15, 0.2) is 28.7 Å². The van der Waals surface area contributed by atoms with Crippen molar-refractivity contribution in [3.8, 4) is 0 Å². The van der Waals surface area contributed by atoms with Crippen LogP contribution in [0.3, 0.4) is 0 Å². The Morgan fingerprint density at radius 2 is 1.88 bits per heavy atom. The third kappa shape index (κ3) is 3.18. The zero-order valence-electron chi connectivity index (χ0n) is 12.9. The van der Waals surface area contributed by atoms with Gasteiger partial charge in [-0.05, 0) is 18.9 Å². The van der Waals surface area contributed by atoms with E-state index in [2.05, 4.69) is 15.9 Å². The molecule has 2 fully saturated rings. The summed E-state index contributed by atoms with van der Waals surface area (Å²) in [5.74, 6) is -4.71. The van der Waals surface area contributed by atoms with Crippen LogP contribution >= 0.6 is 27.7 Å². The van der Waals surface area contributed by atoms with Gasteiger partial charge in [0.05, 0.1) is 5.88 Å². The van der Waals surface area contributed by atoms with Gasteiger partial charge in [0.25, 0.3) is 5.91 Å². The molecule has 4 nitrogen and oxygen atoms in total. The lowest BCUT2D eigenvalue weighted by molar-refractivity contribution is -0.162. The number of thioether (sulfide) groups is 1. The maximum atomic E-state index is 14.7. The largest absolute Gasteiger partial charge is 0.351 e. The van der Waals surface area contributed by atoms with E-state index in [9.17, 15) is 18.4 Å². The van der Waals surface area contributed by atoms with Gasteiger partial charge in [-0.2, -0.15) is 8.78 Å². The van der Waals surface area contributed by atoms with E-state index in [0.29, 0.717) is 18.8 Å². The van der Waals surface area contributed by atoms with Gasteiger partial charge in [0.2, 0.25) is 5.91 Å². The van der Waals surface area contributed by atoms with E-state index in [0.717, 1.165) is 17.7 Å². The number of halogens is 3. The number of hydrogen-bond acceptors (Lipinski definition) is 3. The lowest BCUT2D eigenvalue weighted by atomic mass is 10.1. The molecule has 8 heteroatoms. The summed E-state index contributed by atoms with van der Waals surface area (Å²) in [6.07, 6.45) is 1.85. The molecule has 1 aromatic carbocycles. The summed E-state index contributed by atoms with van der Waals surface area (Å²) < 4.78 is 29.6. The average molecular weight is 419 g/mol. The molecule has 0 N–H and O–H groups in total. The van der Waals surface area contributed by atoms with Gasteiger partial charge in [-0.25, -0.2) is 0 Å². The predicted molar refractivity (Wildman–Crippen MR) is 91.8 cm³/mol. The SMILES string of the molecule is O=C(C1CSCN1C(=O)C(F)(F)c1ccccc1Br)N1CCCC1. The molecule has 2 heterocycles. The number of carbonyl (C=O) groups excluding carboxylic acids is 2. The monoisotopic (exact) mass is 418 g/mol. The Hall–Kier alpha value is -1.15. The predicted octanol–water partition coefficient (Wildman–Crippen LogP) is 3.06. The molecule has 130 valence electrons. The van der Waals surface area contributed by atoms with E-state index in [4.69, 9.17) is 0 Å². The van der Waals surface area contributed by atoms with E-state index >= 15 is 0 Å². The van der Waals surface area contributed by atoms with Crippen molar-refractivity contribution in [2.75, 3.05) is 24.7 Å². The third-order valence-electron chi connectivity index (χ3n) is 4.33. The molecule has 0 radical (unpaired) electrons. The van der Waals surface area contributed by atoms with Crippen molar-refractivity contribution in [3.63, 3.8) is 0 Å². The summed E-state index contributed by atoms with van der Waals surface area (Å²) >= 11 is 4.41. The Balaban J connectivity index is 1.82. The zero-order chi connectivity index (χ0) is 17.3. The van der Waals surface area contributed by atoms with E-state index in [1.54, 1.807) is 11.0 Å². The van der Waals surface area contributed by atoms with E-state index in [1.165, 1.54) is 30.0 Å². The van der Waals surface area contributed by atoms with Crippen LogP contribution in [0.2, 0.25) is 0 Å². The second kappa shape index (κ2) is 7.00. The smallest absolute Gasteiger partial charge is 0.341 e. The fraction of sp³-hybridized carbons (Fsp3) is 0.500. The number of hydrogen-bond donors (Lipinski definition) is 0. The number of benzene rings is 1. The lowest BCUT2D eigenvalue weighted by Gasteiger charge is -2.30. The first-order valence-electron chi connectivity index (χ1n) is 7.73. The second-order valence-corrected chi connectivity index (χ2v) is 7.73. The molecule has 2 aliphatic rings. The highest BCUT2D eigenvalue weighted by atomic mass is 79.9. The molecule has 1 atom stereocenters. The molecule has 2 amide bonds. The fourth-order valence-electron chi connectivity index (χ4n) is 3.01. The van der Waals surface area contributed by atoms with Gasteiger partial charge in [-0.1, -0.05) is 34.1 Å². The number of rotatable bonds is 3. The number of carbonyl (C=O) groups is 2. The number of alkyl halides is 2. The van der Waals surface area contributed by atoms with Crippen LogP contribution in [-0.4, -0.2) is 52.4 Å². The van der Waals surface area contributed by atoms with Crippen LogP contribution < -0.4 is 0 Å². The normalized spacial score (nSPS) is 21.4. The van der Waals surface area contributed by atoms with E-state index in [1.807, 2.05) is 0 Å². The van der Waals surface area contributed by atoms with Crippen molar-refractivity contribution in [2.24, 2.45) is 0 Å². The van der Waals surface area contributed by atoms with Crippen molar-refractivity contribution in [2.45, 2.75) is 24.8 Å². The van der Waals surface area contributed by atoms with Crippen LogP contribution in [0.5, 0.6) is 0 Å². The number of likely N-dealkylation sites (tertiary alicyclic amines) is 1. The summed E-state index contributed by atoms with van der Waals surface area (Å²) in [7, 11) is 0. The molecule has 0 aliphatic carbocycles. The lowest BCUT2D eigenvalue weighted by Crippen LogP contribution is -2.52. The standard InChI is InChI=1S/C16H17BrF2N2O2S/c17-12-6-2-1-5-11(12)16(18,19)15(23)21-10-24-9-13(21)14(22)20-7-3-4-8-20/h1-2,5-6,13H,3-4,7-10H2. The van der Waals surface area contributed by atoms with E-state index < -0.39 is 17.9 Å². The van der Waals surface area contributed by atoms with Crippen LogP contribution in [-0.2, 0) is 15.5 Å². The first-order valence-corrected chi connectivity index (χ1v) is 9.68. The Bertz CT molecular complexity index is 653. The minimum Gasteiger partial charge on any atom is -0.341 e. The van der Waals surface area contributed by atoms with Crippen LogP contribution in [0.1, 0.15) is 18.4 Å². The average Bonchev–Trinajstić information content (AvgIpc) is 3.25. The minimum absolute atomic E-state index is 0.114. The Morgan fingerprint density at radius 1 is 1.21 bits per heavy atom. The summed E-state index contributed by atoms with van der Waals surface area (Å²) in [4.78, 5) is 27.8. The first kappa shape index (κ1) is 17.7. The van der Waals surface area contributed by atoms with Gasteiger partial charge in [-0.15, -0.1) is 11.8 Å². The molecule has 24 heavy (non-hydrogen) atoms. The highest BCUT2D eigenvalue weighted by Gasteiger charge is 2.50. The van der Waals surface area contributed by atoms with Crippen LogP contribution in [0.4, 0.5) is 8.78 Å². The van der Waals surface area contributed by atoms with Crippen molar-refractivity contribution in [3.05, 3.63) is 34.3 Å². The highest BCUT2D eigenvalue weighted by Crippen LogP contribution is 2.37. The second-order valence-electron chi connectivity index (χ2n) is 5.88. The van der Waals surface area contributed by atoms with Gasteiger partial charge < -0.3 is 9.80 Å². The van der Waals surface area contributed by atoms with Gasteiger partial charge in [0.15, 0.2) is 0 Å². The molecule has 0 saturated carbocycles. The first-order chi connectivity index (χ1) is 11.4. The van der Waals surface area contributed by atoms with Crippen molar-refractivity contribution in [1.82, 2.24) is 9.80 Å². The molecule has 2 aliphatic heterocycles. The Morgan fingerprint density at radius 3 is 2.54 bits per heavy atom. The van der Waals surface area contributed by atoms with E-state index in [-0.39, 0.29) is 21.8 Å². The van der Waals surface area contributed by atoms with Crippen molar-refractivity contribution in [1.29, 1.82) is 0 Å². The zero-order valence-corrected chi connectivity index (χ0v) is 15.3. The quantitative estimate of drug-likeness (QED) is 0.757. The fourth-order valence-corrected chi connectivity index (χ4v) is 4.69. The van der Waals surface area contributed by atoms with Crippen LogP contribution in [0.25, 0.3) is 0 Å². The summed E-state index contributed by atoms with van der Waals surface area (Å²) in [5.41, 5.74) is -0.376. The topological polar surface area (TPSA) is 40.6 Å². The summed E-state index contributed by atoms with van der Waals surface area (Å²) in [6, 6.07) is 4.98. The molecule has 2 saturated heterocycles. The molecule has 0 aromatic heterocycles. The molecular weight excluding hydrogens is 402 g/mol. The number of nitrogens with zero attached hydrogens (tertiary/aromatic N) is 2. The molecular formula is C16H17BrF2N2O2S. The van der Waals surface area contributed by atoms with Crippen LogP contribution in [0, 0.1) is 0 Å². The maximum Gasteiger partial charge on any atom is 0.351 e. The van der Waals surface area contributed by atoms with Gasteiger partial charge in [0.1, 0.15) is 6.04 Å². The maximum absolute atomic E-state index is 14.7. The summed E-state index contributed by atoms with van der Waals surface area (Å²) in [5, 5.41) is 0. The summed E-state index contributed by atoms with van der Waals surface area (Å²) in [6.45, 7) is 1.28. The minimum atomic E-state index is -3.67. The Kier molecular flexibility index (Phi) is 5.15. The van der Waals surface area contributed by atoms with Gasteiger partial charge in [-0.3, -0.25) is 9.59 Å². The molecule has 0 bridgehead atoms. The van der Waals surface area contributed by atoms with Crippen molar-refractivity contribution < 1.29 is 18.4 Å². The highest BCUT2D eigenvalue weighted by molar-refractivity contribution is 9.10. The van der Waals surface area contributed by atoms with Crippen molar-refractivity contribution >= 4 is 39.5 Å². The third-order valence-corrected chi connectivity index (χ3v) is 6.03. The molecule has 0 spiro atoms. The number of amides is 2. The van der Waals surface area contributed by atoms with Gasteiger partial charge >= 0.3 is 5.92 Å². The molecule has 3 rings (SSSR count). The molecule has 1 unspecified atom stereocenters. The van der Waals surface area contributed by atoms with Gasteiger partial charge in [0, 0.05) is 28.9 Å². The Labute approximate surface area is 151 Å². The molecule has 1 aromatic rings.